The van der Waals surface area contributed by atoms with Gasteiger partial charge in [-0.3, -0.25) is 0 Å². The van der Waals surface area contributed by atoms with Gasteiger partial charge in [0.1, 0.15) is 11.6 Å². The number of nitriles is 2. The molecule has 0 fully saturated rings. The maximum atomic E-state index is 14.0. The SMILES string of the molecule is Cc1cccc(-c2ccc3c4ccccc4n(-c4cc(-c5ccc(C(F)(F)F)cc5C#N)cc(-n5c6ccccc6c6ccc(-c7cccc(C)c7)cc65)c4C#N)c3c2)c1. The molecule has 0 N–H and O–H groups in total. The van der Waals surface area contributed by atoms with Crippen LogP contribution in [0.15, 0.2) is 164 Å². The molecule has 4 nitrogen and oxygen atoms in total. The van der Waals surface area contributed by atoms with Gasteiger partial charge in [-0.1, -0.05) is 126 Å². The molecule has 0 aliphatic heterocycles. The van der Waals surface area contributed by atoms with Crippen molar-refractivity contribution in [3.63, 3.8) is 0 Å². The number of hydrogen-bond acceptors (Lipinski definition) is 2. The van der Waals surface area contributed by atoms with Crippen LogP contribution in [0.1, 0.15) is 27.8 Å². The predicted octanol–water partition coefficient (Wildman–Crippen LogP) is 14.3. The second-order valence-corrected chi connectivity index (χ2v) is 15.3. The molecule has 0 unspecified atom stereocenters. The van der Waals surface area contributed by atoms with Gasteiger partial charge in [-0.2, -0.15) is 23.7 Å². The minimum atomic E-state index is -4.64. The first-order valence-electron chi connectivity index (χ1n) is 19.5. The fourth-order valence-electron chi connectivity index (χ4n) is 8.77. The molecule has 0 spiro atoms. The van der Waals surface area contributed by atoms with E-state index in [4.69, 9.17) is 0 Å². The van der Waals surface area contributed by atoms with Crippen molar-refractivity contribution >= 4 is 43.6 Å². The normalized spacial score (nSPS) is 11.7. The summed E-state index contributed by atoms with van der Waals surface area (Å²) in [6, 6.07) is 56.9. The van der Waals surface area contributed by atoms with E-state index in [2.05, 4.69) is 114 Å². The smallest absolute Gasteiger partial charge is 0.308 e. The minimum Gasteiger partial charge on any atom is -0.308 e. The van der Waals surface area contributed by atoms with E-state index >= 15 is 0 Å². The average Bonchev–Trinajstić information content (AvgIpc) is 3.77. The van der Waals surface area contributed by atoms with Crippen LogP contribution in [-0.4, -0.2) is 9.13 Å². The number of benzene rings is 8. The summed E-state index contributed by atoms with van der Waals surface area (Å²) in [4.78, 5) is 0. The molecule has 0 saturated heterocycles. The molecule has 0 aliphatic rings. The van der Waals surface area contributed by atoms with E-state index < -0.39 is 11.7 Å². The van der Waals surface area contributed by atoms with Gasteiger partial charge in [-0.15, -0.1) is 0 Å². The van der Waals surface area contributed by atoms with Crippen LogP contribution >= 0.6 is 0 Å². The van der Waals surface area contributed by atoms with Gasteiger partial charge >= 0.3 is 6.18 Å². The van der Waals surface area contributed by atoms with Crippen molar-refractivity contribution in [3.05, 3.63) is 192 Å². The molecule has 0 radical (unpaired) electrons. The van der Waals surface area contributed by atoms with Crippen LogP contribution in [0.25, 0.3) is 88.4 Å². The molecule has 60 heavy (non-hydrogen) atoms. The van der Waals surface area contributed by atoms with E-state index in [-0.39, 0.29) is 5.56 Å². The summed E-state index contributed by atoms with van der Waals surface area (Å²) in [5, 5.41) is 25.7. The van der Waals surface area contributed by atoms with Crippen LogP contribution < -0.4 is 0 Å². The van der Waals surface area contributed by atoms with E-state index in [1.54, 1.807) is 0 Å². The minimum absolute atomic E-state index is 0.126. The van der Waals surface area contributed by atoms with Gasteiger partial charge in [0.2, 0.25) is 0 Å². The Hall–Kier alpha value is -7.87. The fourth-order valence-corrected chi connectivity index (χ4v) is 8.77. The van der Waals surface area contributed by atoms with Crippen molar-refractivity contribution in [3.8, 4) is 56.9 Å². The van der Waals surface area contributed by atoms with Crippen molar-refractivity contribution in [2.24, 2.45) is 0 Å². The number of halogens is 3. The third kappa shape index (κ3) is 5.91. The van der Waals surface area contributed by atoms with Crippen molar-refractivity contribution in [1.29, 1.82) is 10.5 Å². The van der Waals surface area contributed by atoms with E-state index in [0.29, 0.717) is 28.1 Å². The molecule has 8 aromatic carbocycles. The number of hydrogen-bond donors (Lipinski definition) is 0. The highest BCUT2D eigenvalue weighted by atomic mass is 19.4. The van der Waals surface area contributed by atoms with Gasteiger partial charge in [-0.25, -0.2) is 0 Å². The Morgan fingerprint density at radius 1 is 0.433 bits per heavy atom. The summed E-state index contributed by atoms with van der Waals surface area (Å²) in [5.74, 6) is 0. The highest BCUT2D eigenvalue weighted by Crippen LogP contribution is 2.43. The van der Waals surface area contributed by atoms with Gasteiger partial charge in [0, 0.05) is 21.5 Å². The lowest BCUT2D eigenvalue weighted by molar-refractivity contribution is -0.137. The second-order valence-electron chi connectivity index (χ2n) is 15.3. The van der Waals surface area contributed by atoms with E-state index in [9.17, 15) is 23.7 Å². The van der Waals surface area contributed by atoms with Crippen molar-refractivity contribution < 1.29 is 13.2 Å². The Balaban J connectivity index is 1.35. The number of nitrogens with zero attached hydrogens (tertiary/aromatic N) is 4. The van der Waals surface area contributed by atoms with Gasteiger partial charge in [0.15, 0.2) is 0 Å². The van der Waals surface area contributed by atoms with Gasteiger partial charge in [-0.05, 0) is 95.8 Å². The quantitative estimate of drug-likeness (QED) is 0.175. The fraction of sp³-hybridized carbons (Fsp3) is 0.0566. The summed E-state index contributed by atoms with van der Waals surface area (Å²) in [6.07, 6.45) is -4.64. The Bertz CT molecular complexity index is 3300. The maximum absolute atomic E-state index is 14.0. The number of fused-ring (bicyclic) bond motifs is 6. The number of alkyl halides is 3. The molecular weight excluding hydrogens is 750 g/mol. The first kappa shape index (κ1) is 36.5. The number of rotatable bonds is 5. The van der Waals surface area contributed by atoms with Crippen LogP contribution in [0.4, 0.5) is 13.2 Å². The summed E-state index contributed by atoms with van der Waals surface area (Å²) in [7, 11) is 0. The van der Waals surface area contributed by atoms with Gasteiger partial charge in [0.25, 0.3) is 0 Å². The van der Waals surface area contributed by atoms with E-state index in [1.807, 2.05) is 66.7 Å². The summed E-state index contributed by atoms with van der Waals surface area (Å²) in [5.41, 5.74) is 10.9. The summed E-state index contributed by atoms with van der Waals surface area (Å²) >= 11 is 0. The Morgan fingerprint density at radius 3 is 1.38 bits per heavy atom. The lowest BCUT2D eigenvalue weighted by atomic mass is 9.95. The first-order chi connectivity index (χ1) is 29.1. The Kier molecular flexibility index (Phi) is 8.45. The van der Waals surface area contributed by atoms with Crippen LogP contribution in [0, 0.1) is 36.5 Å². The predicted molar refractivity (Wildman–Crippen MR) is 235 cm³/mol. The van der Waals surface area contributed by atoms with Gasteiger partial charge in [0.05, 0.1) is 50.6 Å². The average molecular weight is 783 g/mol. The van der Waals surface area contributed by atoms with Crippen molar-refractivity contribution in [2.45, 2.75) is 20.0 Å². The third-order valence-corrected chi connectivity index (χ3v) is 11.5. The van der Waals surface area contributed by atoms with Crippen LogP contribution in [0.5, 0.6) is 0 Å². The maximum Gasteiger partial charge on any atom is 0.416 e. The Morgan fingerprint density at radius 2 is 0.917 bits per heavy atom. The molecule has 2 aromatic heterocycles. The van der Waals surface area contributed by atoms with Crippen molar-refractivity contribution in [1.82, 2.24) is 9.13 Å². The molecular formula is C53H33F3N4. The number of aryl methyl sites for hydroxylation is 2. The van der Waals surface area contributed by atoms with Crippen LogP contribution in [0.2, 0.25) is 0 Å². The van der Waals surface area contributed by atoms with Crippen LogP contribution in [-0.2, 0) is 6.18 Å². The molecule has 0 bridgehead atoms. The van der Waals surface area contributed by atoms with E-state index in [1.165, 1.54) is 6.07 Å². The zero-order valence-electron chi connectivity index (χ0n) is 32.5. The lowest BCUT2D eigenvalue weighted by Crippen LogP contribution is -2.07. The highest BCUT2D eigenvalue weighted by Gasteiger charge is 2.31. The zero-order chi connectivity index (χ0) is 41.3. The molecule has 10 aromatic rings. The molecule has 286 valence electrons. The summed E-state index contributed by atoms with van der Waals surface area (Å²) < 4.78 is 46.3. The molecule has 7 heteroatoms. The van der Waals surface area contributed by atoms with E-state index in [0.717, 1.165) is 89.1 Å². The topological polar surface area (TPSA) is 57.4 Å². The molecule has 10 rings (SSSR count). The molecule has 0 aliphatic carbocycles. The second kappa shape index (κ2) is 13.9. The number of para-hydroxylation sites is 2. The number of aromatic nitrogens is 2. The Labute approximate surface area is 343 Å². The first-order valence-corrected chi connectivity index (χ1v) is 19.5. The summed E-state index contributed by atoms with van der Waals surface area (Å²) in [6.45, 7) is 4.11. The molecule has 2 heterocycles. The van der Waals surface area contributed by atoms with Gasteiger partial charge < -0.3 is 9.13 Å². The molecule has 0 atom stereocenters. The standard InChI is InChI=1S/C53H33F3N4/c1-32-9-7-11-34(23-32)36-17-20-44-42-13-3-5-15-47(42)59(49(44)26-36)51-28-38(41-22-19-40(53(54,55)56)25-39(41)30-57)29-52(46(51)31-58)60-48-16-6-4-14-43(48)45-21-18-37(27-50(45)60)35-12-8-10-33(2)24-35/h3-29H,1-2H3. The largest absolute Gasteiger partial charge is 0.416 e. The monoisotopic (exact) mass is 782 g/mol. The van der Waals surface area contributed by atoms with Crippen molar-refractivity contribution in [2.75, 3.05) is 0 Å². The van der Waals surface area contributed by atoms with Crippen LogP contribution in [0.3, 0.4) is 0 Å². The highest BCUT2D eigenvalue weighted by molar-refractivity contribution is 6.12. The molecule has 0 saturated carbocycles. The zero-order valence-corrected chi connectivity index (χ0v) is 32.5. The molecule has 0 amide bonds. The lowest BCUT2D eigenvalue weighted by Gasteiger charge is -2.19. The third-order valence-electron chi connectivity index (χ3n) is 11.5.